The van der Waals surface area contributed by atoms with Crippen LogP contribution in [-0.2, 0) is 18.2 Å². The van der Waals surface area contributed by atoms with E-state index in [9.17, 15) is 4.79 Å². The number of rotatable bonds is 6. The van der Waals surface area contributed by atoms with Crippen molar-refractivity contribution in [1.82, 2.24) is 14.9 Å². The molecule has 1 fully saturated rings. The molecule has 6 nitrogen and oxygen atoms in total. The number of urea groups is 1. The molecule has 0 saturated carbocycles. The van der Waals surface area contributed by atoms with Crippen LogP contribution in [0, 0.1) is 0 Å². The molecule has 2 amide bonds. The molecule has 26 heavy (non-hydrogen) atoms. The predicted octanol–water partition coefficient (Wildman–Crippen LogP) is 3.37. The number of hydrogen-bond donors (Lipinski definition) is 2. The van der Waals surface area contributed by atoms with Gasteiger partial charge < -0.3 is 19.9 Å². The number of carbonyl (C=O) groups excluding carboxylic acids is 1. The molecule has 2 N–H and O–H groups in total. The average molecular weight is 375 g/mol. The topological polar surface area (TPSA) is 68.2 Å². The Morgan fingerprint density at radius 3 is 3.04 bits per heavy atom. The molecule has 7 heteroatoms. The highest BCUT2D eigenvalue weighted by atomic mass is 32.2. The number of benzene rings is 1. The molecule has 0 unspecified atom stereocenters. The van der Waals surface area contributed by atoms with Gasteiger partial charge in [0.2, 0.25) is 0 Å². The van der Waals surface area contributed by atoms with Gasteiger partial charge in [0, 0.05) is 31.7 Å². The zero-order valence-corrected chi connectivity index (χ0v) is 16.1. The normalized spacial score (nSPS) is 19.9. The van der Waals surface area contributed by atoms with E-state index in [-0.39, 0.29) is 18.2 Å². The summed E-state index contributed by atoms with van der Waals surface area (Å²) >= 11 is 1.80. The van der Waals surface area contributed by atoms with Gasteiger partial charge in [-0.3, -0.25) is 0 Å². The Kier molecular flexibility index (Phi) is 6.57. The lowest BCUT2D eigenvalue weighted by atomic mass is 10.0. The van der Waals surface area contributed by atoms with E-state index < -0.39 is 0 Å². The molecule has 140 valence electrons. The van der Waals surface area contributed by atoms with E-state index in [0.717, 1.165) is 42.1 Å². The van der Waals surface area contributed by atoms with Gasteiger partial charge in [0.15, 0.2) is 0 Å². The van der Waals surface area contributed by atoms with Crippen LogP contribution in [-0.4, -0.2) is 40.2 Å². The molecule has 1 aliphatic rings. The number of thioether (sulfide) groups is 1. The number of aromatic nitrogens is 2. The van der Waals surface area contributed by atoms with Crippen molar-refractivity contribution in [3.05, 3.63) is 48.0 Å². The van der Waals surface area contributed by atoms with E-state index >= 15 is 0 Å². The van der Waals surface area contributed by atoms with E-state index in [2.05, 4.69) is 27.9 Å². The first-order valence-corrected chi connectivity index (χ1v) is 10.3. The van der Waals surface area contributed by atoms with E-state index in [4.69, 9.17) is 4.74 Å². The van der Waals surface area contributed by atoms with Crippen LogP contribution in [0.5, 0.6) is 0 Å². The van der Waals surface area contributed by atoms with Crippen LogP contribution in [0.25, 0.3) is 0 Å². The summed E-state index contributed by atoms with van der Waals surface area (Å²) in [5, 5.41) is 6.09. The quantitative estimate of drug-likeness (QED) is 0.813. The Hall–Kier alpha value is -1.99. The molecule has 1 aromatic heterocycles. The number of aryl methyl sites for hydroxylation is 2. The molecule has 0 spiro atoms. The number of amides is 2. The van der Waals surface area contributed by atoms with Gasteiger partial charge in [0.25, 0.3) is 0 Å². The number of para-hydroxylation sites is 1. The van der Waals surface area contributed by atoms with Crippen molar-refractivity contribution in [3.8, 4) is 0 Å². The van der Waals surface area contributed by atoms with Gasteiger partial charge in [-0.05, 0) is 42.9 Å². The molecule has 2 atom stereocenters. The standard InChI is InChI=1S/C19H26N4O2S/c1-23-11-10-20-18(23)17-16(8-5-12-25-17)22-19(24)21-15-7-4-3-6-14(15)9-13-26-2/h3-4,6-7,10-11,16-17H,5,8-9,12-13H2,1-2H3,(H2,21,22,24)/t16-,17-/m0/s1. The first kappa shape index (κ1) is 18.8. The molecule has 0 radical (unpaired) electrons. The molecule has 1 aliphatic heterocycles. The monoisotopic (exact) mass is 374 g/mol. The fourth-order valence-corrected chi connectivity index (χ4v) is 3.66. The maximum absolute atomic E-state index is 12.6. The summed E-state index contributed by atoms with van der Waals surface area (Å²) in [5.74, 6) is 1.87. The molecular weight excluding hydrogens is 348 g/mol. The molecule has 1 aromatic carbocycles. The van der Waals surface area contributed by atoms with Gasteiger partial charge in [0.05, 0.1) is 6.04 Å². The molecule has 0 aliphatic carbocycles. The highest BCUT2D eigenvalue weighted by Crippen LogP contribution is 2.27. The fourth-order valence-electron chi connectivity index (χ4n) is 3.23. The van der Waals surface area contributed by atoms with E-state index in [1.807, 2.05) is 36.0 Å². The van der Waals surface area contributed by atoms with Crippen molar-refractivity contribution in [2.24, 2.45) is 7.05 Å². The second-order valence-electron chi connectivity index (χ2n) is 6.43. The number of ether oxygens (including phenoxy) is 1. The average Bonchev–Trinajstić information content (AvgIpc) is 3.07. The zero-order valence-electron chi connectivity index (χ0n) is 15.3. The second kappa shape index (κ2) is 9.09. The van der Waals surface area contributed by atoms with Crippen LogP contribution in [0.15, 0.2) is 36.7 Å². The number of hydrogen-bond acceptors (Lipinski definition) is 4. The van der Waals surface area contributed by atoms with Crippen LogP contribution < -0.4 is 10.6 Å². The van der Waals surface area contributed by atoms with Gasteiger partial charge in [0.1, 0.15) is 11.9 Å². The number of anilines is 1. The summed E-state index contributed by atoms with van der Waals surface area (Å²) in [6, 6.07) is 7.66. The lowest BCUT2D eigenvalue weighted by molar-refractivity contribution is -0.0136. The minimum atomic E-state index is -0.221. The molecule has 2 heterocycles. The lowest BCUT2D eigenvalue weighted by Gasteiger charge is -2.32. The smallest absolute Gasteiger partial charge is 0.319 e. The van der Waals surface area contributed by atoms with Crippen LogP contribution in [0.2, 0.25) is 0 Å². The van der Waals surface area contributed by atoms with Crippen LogP contribution in [0.4, 0.5) is 10.5 Å². The zero-order chi connectivity index (χ0) is 18.4. The fraction of sp³-hybridized carbons (Fsp3) is 0.474. The Morgan fingerprint density at radius 1 is 1.42 bits per heavy atom. The SMILES string of the molecule is CSCCc1ccccc1NC(=O)N[C@H]1CCCO[C@@H]1c1nccn1C. The summed E-state index contributed by atoms with van der Waals surface area (Å²) in [5.41, 5.74) is 2.02. The second-order valence-corrected chi connectivity index (χ2v) is 7.42. The first-order valence-electron chi connectivity index (χ1n) is 8.92. The summed E-state index contributed by atoms with van der Waals surface area (Å²) in [6.45, 7) is 0.689. The molecule has 3 rings (SSSR count). The highest BCUT2D eigenvalue weighted by molar-refractivity contribution is 7.98. The van der Waals surface area contributed by atoms with Gasteiger partial charge >= 0.3 is 6.03 Å². The maximum atomic E-state index is 12.6. The largest absolute Gasteiger partial charge is 0.368 e. The minimum Gasteiger partial charge on any atom is -0.368 e. The molecule has 0 bridgehead atoms. The van der Waals surface area contributed by atoms with E-state index in [0.29, 0.717) is 6.61 Å². The van der Waals surface area contributed by atoms with Crippen molar-refractivity contribution in [2.45, 2.75) is 31.4 Å². The Labute approximate surface area is 158 Å². The third kappa shape index (κ3) is 4.59. The van der Waals surface area contributed by atoms with Crippen LogP contribution in [0.3, 0.4) is 0 Å². The van der Waals surface area contributed by atoms with Crippen molar-refractivity contribution in [1.29, 1.82) is 0 Å². The van der Waals surface area contributed by atoms with Crippen LogP contribution >= 0.6 is 11.8 Å². The van der Waals surface area contributed by atoms with Crippen LogP contribution in [0.1, 0.15) is 30.3 Å². The molecular formula is C19H26N4O2S. The highest BCUT2D eigenvalue weighted by Gasteiger charge is 2.31. The third-order valence-corrected chi connectivity index (χ3v) is 5.21. The Morgan fingerprint density at radius 2 is 2.27 bits per heavy atom. The van der Waals surface area contributed by atoms with Crippen molar-refractivity contribution in [2.75, 3.05) is 23.9 Å². The number of nitrogens with one attached hydrogen (secondary N) is 2. The third-order valence-electron chi connectivity index (χ3n) is 4.59. The maximum Gasteiger partial charge on any atom is 0.319 e. The summed E-state index contributed by atoms with van der Waals surface area (Å²) in [4.78, 5) is 17.0. The Bertz CT molecular complexity index is 734. The first-order chi connectivity index (χ1) is 12.7. The predicted molar refractivity (Wildman–Crippen MR) is 106 cm³/mol. The van der Waals surface area contributed by atoms with E-state index in [1.54, 1.807) is 18.0 Å². The van der Waals surface area contributed by atoms with Gasteiger partial charge in [-0.15, -0.1) is 0 Å². The Balaban J connectivity index is 1.66. The van der Waals surface area contributed by atoms with Crippen molar-refractivity contribution in [3.63, 3.8) is 0 Å². The van der Waals surface area contributed by atoms with Crippen molar-refractivity contribution < 1.29 is 9.53 Å². The number of imidazole rings is 1. The summed E-state index contributed by atoms with van der Waals surface area (Å²) in [6.07, 6.45) is 8.25. The summed E-state index contributed by atoms with van der Waals surface area (Å²) < 4.78 is 7.86. The minimum absolute atomic E-state index is 0.0943. The summed E-state index contributed by atoms with van der Waals surface area (Å²) in [7, 11) is 1.94. The van der Waals surface area contributed by atoms with E-state index in [1.165, 1.54) is 0 Å². The molecule has 2 aromatic rings. The van der Waals surface area contributed by atoms with Gasteiger partial charge in [-0.25, -0.2) is 9.78 Å². The van der Waals surface area contributed by atoms with Crippen molar-refractivity contribution >= 4 is 23.5 Å². The molecule has 1 saturated heterocycles. The number of carbonyl (C=O) groups is 1. The number of nitrogens with zero attached hydrogens (tertiary/aromatic N) is 2. The van der Waals surface area contributed by atoms with Gasteiger partial charge in [-0.2, -0.15) is 11.8 Å². The van der Waals surface area contributed by atoms with Gasteiger partial charge in [-0.1, -0.05) is 18.2 Å². The lowest BCUT2D eigenvalue weighted by Crippen LogP contribution is -2.45.